The average molecular weight is 248 g/mol. The predicted molar refractivity (Wildman–Crippen MR) is 76.3 cm³/mol. The summed E-state index contributed by atoms with van der Waals surface area (Å²) in [4.78, 5) is 11.8. The molecule has 0 saturated heterocycles. The third kappa shape index (κ3) is 5.21. The van der Waals surface area contributed by atoms with Crippen LogP contribution in [0.3, 0.4) is 0 Å². The molecule has 1 aromatic carbocycles. The third-order valence-electron chi connectivity index (χ3n) is 3.05. The fraction of sp³-hybridized carbons (Fsp3) is 0.533. The van der Waals surface area contributed by atoms with Crippen molar-refractivity contribution >= 4 is 11.6 Å². The van der Waals surface area contributed by atoms with Crippen molar-refractivity contribution in [2.45, 2.75) is 39.5 Å². The van der Waals surface area contributed by atoms with E-state index >= 15 is 0 Å². The largest absolute Gasteiger partial charge is 0.399 e. The first-order valence-corrected chi connectivity index (χ1v) is 6.75. The molecule has 0 heterocycles. The minimum absolute atomic E-state index is 0.00949. The van der Waals surface area contributed by atoms with E-state index in [1.807, 2.05) is 31.2 Å². The monoisotopic (exact) mass is 248 g/mol. The van der Waals surface area contributed by atoms with Crippen LogP contribution in [0.2, 0.25) is 0 Å². The predicted octanol–water partition coefficient (Wildman–Crippen LogP) is 2.75. The summed E-state index contributed by atoms with van der Waals surface area (Å²) in [7, 11) is 0. The van der Waals surface area contributed by atoms with Crippen molar-refractivity contribution in [2.75, 3.05) is 12.3 Å². The number of hydrogen-bond acceptors (Lipinski definition) is 2. The molecular weight excluding hydrogens is 224 g/mol. The zero-order valence-electron chi connectivity index (χ0n) is 11.4. The average Bonchev–Trinajstić information content (AvgIpc) is 2.37. The Labute approximate surface area is 110 Å². The Morgan fingerprint density at radius 3 is 2.56 bits per heavy atom. The second kappa shape index (κ2) is 7.75. The van der Waals surface area contributed by atoms with Gasteiger partial charge in [0.05, 0.1) is 0 Å². The summed E-state index contributed by atoms with van der Waals surface area (Å²) in [6, 6.07) is 7.72. The van der Waals surface area contributed by atoms with E-state index in [2.05, 4.69) is 12.2 Å². The van der Waals surface area contributed by atoms with Crippen molar-refractivity contribution < 1.29 is 4.79 Å². The molecule has 0 spiro atoms. The first kappa shape index (κ1) is 14.6. The molecule has 3 N–H and O–H groups in total. The summed E-state index contributed by atoms with van der Waals surface area (Å²) >= 11 is 0. The van der Waals surface area contributed by atoms with Crippen molar-refractivity contribution in [1.82, 2.24) is 5.32 Å². The molecule has 100 valence electrons. The highest BCUT2D eigenvalue weighted by molar-refractivity contribution is 5.78. The zero-order chi connectivity index (χ0) is 13.4. The molecule has 0 aliphatic rings. The van der Waals surface area contributed by atoms with E-state index in [1.165, 1.54) is 12.8 Å². The minimum atomic E-state index is 0.00949. The fourth-order valence-electron chi connectivity index (χ4n) is 1.86. The first-order chi connectivity index (χ1) is 8.63. The number of benzene rings is 1. The quantitative estimate of drug-likeness (QED) is 0.576. The summed E-state index contributed by atoms with van der Waals surface area (Å²) in [5, 5.41) is 2.99. The Kier molecular flexibility index (Phi) is 6.26. The highest BCUT2D eigenvalue weighted by Gasteiger charge is 2.12. The molecule has 1 atom stereocenters. The summed E-state index contributed by atoms with van der Waals surface area (Å²) in [6.45, 7) is 4.91. The number of carbonyl (C=O) groups is 1. The van der Waals surface area contributed by atoms with Gasteiger partial charge >= 0.3 is 0 Å². The van der Waals surface area contributed by atoms with Gasteiger partial charge in [0.2, 0.25) is 5.91 Å². The molecular formula is C15H24N2O. The lowest BCUT2D eigenvalue weighted by molar-refractivity contribution is -0.124. The summed E-state index contributed by atoms with van der Waals surface area (Å²) < 4.78 is 0. The molecule has 3 heteroatoms. The number of nitrogens with two attached hydrogens (primary N) is 1. The molecule has 0 fully saturated rings. The van der Waals surface area contributed by atoms with E-state index < -0.39 is 0 Å². The lowest BCUT2D eigenvalue weighted by Gasteiger charge is -2.12. The van der Waals surface area contributed by atoms with E-state index in [9.17, 15) is 4.79 Å². The molecule has 3 nitrogen and oxygen atoms in total. The fourth-order valence-corrected chi connectivity index (χ4v) is 1.86. The highest BCUT2D eigenvalue weighted by atomic mass is 16.1. The van der Waals surface area contributed by atoms with E-state index in [0.717, 1.165) is 30.6 Å². The molecule has 0 radical (unpaired) electrons. The number of rotatable bonds is 7. The van der Waals surface area contributed by atoms with Crippen LogP contribution in [0, 0.1) is 5.92 Å². The molecule has 1 unspecified atom stereocenters. The second-order valence-electron chi connectivity index (χ2n) is 4.84. The number of nitrogens with one attached hydrogen (secondary N) is 1. The lowest BCUT2D eigenvalue weighted by Crippen LogP contribution is -2.31. The molecule has 0 aliphatic carbocycles. The van der Waals surface area contributed by atoms with Gasteiger partial charge in [-0.15, -0.1) is 0 Å². The number of amides is 1. The van der Waals surface area contributed by atoms with Crippen molar-refractivity contribution in [3.05, 3.63) is 29.8 Å². The Morgan fingerprint density at radius 1 is 1.28 bits per heavy atom. The van der Waals surface area contributed by atoms with E-state index in [1.54, 1.807) is 0 Å². The molecule has 0 aliphatic heterocycles. The Balaban J connectivity index is 2.33. The zero-order valence-corrected chi connectivity index (χ0v) is 11.4. The number of hydrogen-bond donors (Lipinski definition) is 2. The maximum atomic E-state index is 11.8. The third-order valence-corrected chi connectivity index (χ3v) is 3.05. The van der Waals surface area contributed by atoms with Gasteiger partial charge in [0.1, 0.15) is 0 Å². The number of nitrogen functional groups attached to an aromatic ring is 1. The van der Waals surface area contributed by atoms with Crippen LogP contribution < -0.4 is 11.1 Å². The van der Waals surface area contributed by atoms with Crippen LogP contribution in [0.15, 0.2) is 24.3 Å². The summed E-state index contributed by atoms with van der Waals surface area (Å²) in [5.74, 6) is 0.151. The SMILES string of the molecule is CCCCCNC(=O)C(C)Cc1ccc(N)cc1. The van der Waals surface area contributed by atoms with E-state index in [0.29, 0.717) is 0 Å². The van der Waals surface area contributed by atoms with Crippen LogP contribution in [0.4, 0.5) is 5.69 Å². The molecule has 18 heavy (non-hydrogen) atoms. The van der Waals surface area contributed by atoms with Crippen LogP contribution in [0.1, 0.15) is 38.7 Å². The van der Waals surface area contributed by atoms with Gasteiger partial charge in [-0.25, -0.2) is 0 Å². The number of anilines is 1. The van der Waals surface area contributed by atoms with Gasteiger partial charge in [-0.3, -0.25) is 4.79 Å². The Bertz CT molecular complexity index is 359. The normalized spacial score (nSPS) is 12.1. The molecule has 0 bridgehead atoms. The van der Waals surface area contributed by atoms with Crippen molar-refractivity contribution in [3.63, 3.8) is 0 Å². The Morgan fingerprint density at radius 2 is 1.94 bits per heavy atom. The highest BCUT2D eigenvalue weighted by Crippen LogP contribution is 2.11. The smallest absolute Gasteiger partial charge is 0.223 e. The van der Waals surface area contributed by atoms with Crippen molar-refractivity contribution in [3.8, 4) is 0 Å². The van der Waals surface area contributed by atoms with Gasteiger partial charge in [0, 0.05) is 18.2 Å². The summed E-state index contributed by atoms with van der Waals surface area (Å²) in [5.41, 5.74) is 7.54. The van der Waals surface area contributed by atoms with Crippen molar-refractivity contribution in [1.29, 1.82) is 0 Å². The van der Waals surface area contributed by atoms with Gasteiger partial charge in [0.15, 0.2) is 0 Å². The molecule has 0 aromatic heterocycles. The van der Waals surface area contributed by atoms with Crippen LogP contribution in [0.25, 0.3) is 0 Å². The lowest BCUT2D eigenvalue weighted by atomic mass is 10.00. The maximum Gasteiger partial charge on any atom is 0.223 e. The summed E-state index contributed by atoms with van der Waals surface area (Å²) in [6.07, 6.45) is 4.18. The topological polar surface area (TPSA) is 55.1 Å². The minimum Gasteiger partial charge on any atom is -0.399 e. The van der Waals surface area contributed by atoms with Gasteiger partial charge in [-0.05, 0) is 30.5 Å². The molecule has 0 saturated carbocycles. The maximum absolute atomic E-state index is 11.8. The Hall–Kier alpha value is -1.51. The van der Waals surface area contributed by atoms with Gasteiger partial charge in [-0.1, -0.05) is 38.8 Å². The standard InChI is InChI=1S/C15H24N2O/c1-3-4-5-10-17-15(18)12(2)11-13-6-8-14(16)9-7-13/h6-9,12H,3-5,10-11,16H2,1-2H3,(H,17,18). The van der Waals surface area contributed by atoms with Gasteiger partial charge in [0.25, 0.3) is 0 Å². The van der Waals surface area contributed by atoms with Gasteiger partial charge in [-0.2, -0.15) is 0 Å². The second-order valence-corrected chi connectivity index (χ2v) is 4.84. The number of unbranched alkanes of at least 4 members (excludes halogenated alkanes) is 2. The van der Waals surface area contributed by atoms with Gasteiger partial charge < -0.3 is 11.1 Å². The molecule has 1 aromatic rings. The van der Waals surface area contributed by atoms with Crippen LogP contribution in [0.5, 0.6) is 0 Å². The molecule has 1 amide bonds. The van der Waals surface area contributed by atoms with Crippen LogP contribution in [-0.4, -0.2) is 12.5 Å². The number of carbonyl (C=O) groups excluding carboxylic acids is 1. The molecule has 1 rings (SSSR count). The van der Waals surface area contributed by atoms with Crippen molar-refractivity contribution in [2.24, 2.45) is 5.92 Å². The van der Waals surface area contributed by atoms with E-state index in [-0.39, 0.29) is 11.8 Å². The first-order valence-electron chi connectivity index (χ1n) is 6.75. The van der Waals surface area contributed by atoms with E-state index in [4.69, 9.17) is 5.73 Å². The van der Waals surface area contributed by atoms with Crippen LogP contribution in [-0.2, 0) is 11.2 Å². The van der Waals surface area contributed by atoms with Crippen LogP contribution >= 0.6 is 0 Å².